The molecule has 4 heteroatoms. The third-order valence-corrected chi connectivity index (χ3v) is 2.57. The molecule has 1 heterocycles. The fourth-order valence-electron chi connectivity index (χ4n) is 1.64. The summed E-state index contributed by atoms with van der Waals surface area (Å²) in [4.78, 5) is 16.1. The molecular formula is C16H14N2O2. The maximum Gasteiger partial charge on any atom is 0.256 e. The molecule has 100 valence electrons. The summed E-state index contributed by atoms with van der Waals surface area (Å²) in [5.74, 6) is 5.50. The van der Waals surface area contributed by atoms with Crippen LogP contribution in [0.5, 0.6) is 0 Å². The van der Waals surface area contributed by atoms with Crippen molar-refractivity contribution in [2.24, 2.45) is 0 Å². The molecule has 0 spiro atoms. The summed E-state index contributed by atoms with van der Waals surface area (Å²) in [5.41, 5.74) is 1.84. The van der Waals surface area contributed by atoms with E-state index in [9.17, 15) is 4.79 Å². The number of anilines is 1. The second-order valence-corrected chi connectivity index (χ2v) is 4.01. The zero-order valence-corrected chi connectivity index (χ0v) is 10.8. The van der Waals surface area contributed by atoms with Crippen molar-refractivity contribution in [2.75, 3.05) is 11.9 Å². The van der Waals surface area contributed by atoms with Gasteiger partial charge in [0.15, 0.2) is 0 Å². The van der Waals surface area contributed by atoms with E-state index in [-0.39, 0.29) is 12.5 Å². The molecule has 1 aromatic heterocycles. The van der Waals surface area contributed by atoms with E-state index in [0.29, 0.717) is 23.2 Å². The van der Waals surface area contributed by atoms with Crippen molar-refractivity contribution in [3.05, 3.63) is 59.9 Å². The number of aliphatic hydroxyl groups is 1. The molecule has 1 aromatic carbocycles. The number of hydrogen-bond donors (Lipinski definition) is 2. The van der Waals surface area contributed by atoms with Crippen LogP contribution in [-0.4, -0.2) is 22.6 Å². The predicted molar refractivity (Wildman–Crippen MR) is 77.2 cm³/mol. The molecule has 2 aromatic rings. The number of rotatable bonds is 3. The van der Waals surface area contributed by atoms with Gasteiger partial charge in [0.25, 0.3) is 5.91 Å². The third-order valence-electron chi connectivity index (χ3n) is 2.57. The Morgan fingerprint density at radius 2 is 1.95 bits per heavy atom. The minimum atomic E-state index is -0.218. The van der Waals surface area contributed by atoms with Crippen LogP contribution < -0.4 is 5.32 Å². The van der Waals surface area contributed by atoms with Crippen LogP contribution in [-0.2, 0) is 0 Å². The van der Waals surface area contributed by atoms with Crippen molar-refractivity contribution in [1.82, 2.24) is 4.98 Å². The van der Waals surface area contributed by atoms with Crippen LogP contribution in [0.1, 0.15) is 22.3 Å². The zero-order valence-electron chi connectivity index (χ0n) is 10.8. The van der Waals surface area contributed by atoms with Gasteiger partial charge in [0.05, 0.1) is 12.2 Å². The number of hydrogen-bond acceptors (Lipinski definition) is 3. The summed E-state index contributed by atoms with van der Waals surface area (Å²) in [5, 5.41) is 11.5. The molecular weight excluding hydrogens is 252 g/mol. The second-order valence-electron chi connectivity index (χ2n) is 4.01. The summed E-state index contributed by atoms with van der Waals surface area (Å²) in [6, 6.07) is 10.6. The third kappa shape index (κ3) is 3.67. The van der Waals surface area contributed by atoms with Crippen LogP contribution in [0, 0.1) is 11.8 Å². The van der Waals surface area contributed by atoms with E-state index >= 15 is 0 Å². The number of benzene rings is 1. The minimum Gasteiger partial charge on any atom is -0.395 e. The highest BCUT2D eigenvalue weighted by atomic mass is 16.2. The maximum atomic E-state index is 12.2. The number of aromatic nitrogens is 1. The monoisotopic (exact) mass is 266 g/mol. The topological polar surface area (TPSA) is 62.2 Å². The van der Waals surface area contributed by atoms with E-state index in [1.807, 2.05) is 6.07 Å². The van der Waals surface area contributed by atoms with Gasteiger partial charge < -0.3 is 10.4 Å². The lowest BCUT2D eigenvalue weighted by Crippen LogP contribution is -2.13. The van der Waals surface area contributed by atoms with Crippen molar-refractivity contribution in [3.63, 3.8) is 0 Å². The molecule has 0 saturated heterocycles. The Morgan fingerprint density at radius 1 is 1.20 bits per heavy atom. The van der Waals surface area contributed by atoms with Crippen molar-refractivity contribution in [2.45, 2.75) is 6.42 Å². The molecule has 4 nitrogen and oxygen atoms in total. The number of aliphatic hydroxyl groups excluding tert-OH is 1. The molecule has 0 unspecified atom stereocenters. The lowest BCUT2D eigenvalue weighted by atomic mass is 10.1. The Kier molecular flexibility index (Phi) is 4.87. The Bertz CT molecular complexity index is 642. The highest BCUT2D eigenvalue weighted by molar-refractivity contribution is 6.05. The summed E-state index contributed by atoms with van der Waals surface area (Å²) >= 11 is 0. The minimum absolute atomic E-state index is 0.0123. The molecule has 0 radical (unpaired) electrons. The van der Waals surface area contributed by atoms with Gasteiger partial charge in [-0.25, -0.2) is 0 Å². The average Bonchev–Trinajstić information content (AvgIpc) is 2.49. The molecule has 2 rings (SSSR count). The first-order valence-electron chi connectivity index (χ1n) is 6.21. The summed E-state index contributed by atoms with van der Waals surface area (Å²) in [6.07, 6.45) is 3.62. The maximum absolute atomic E-state index is 12.2. The van der Waals surface area contributed by atoms with Gasteiger partial charge in [-0.15, -0.1) is 0 Å². The van der Waals surface area contributed by atoms with Gasteiger partial charge >= 0.3 is 0 Å². The van der Waals surface area contributed by atoms with E-state index in [1.165, 1.54) is 0 Å². The van der Waals surface area contributed by atoms with Gasteiger partial charge in [-0.2, -0.15) is 0 Å². The number of carbonyl (C=O) groups excluding carboxylic acids is 1. The first-order valence-corrected chi connectivity index (χ1v) is 6.21. The van der Waals surface area contributed by atoms with Crippen LogP contribution in [0.4, 0.5) is 5.69 Å². The van der Waals surface area contributed by atoms with E-state index in [2.05, 4.69) is 22.1 Å². The lowest BCUT2D eigenvalue weighted by Gasteiger charge is -2.06. The van der Waals surface area contributed by atoms with E-state index in [0.717, 1.165) is 0 Å². The molecule has 0 bridgehead atoms. The smallest absolute Gasteiger partial charge is 0.256 e. The number of pyridine rings is 1. The Balaban J connectivity index is 2.20. The Hall–Kier alpha value is -2.64. The summed E-state index contributed by atoms with van der Waals surface area (Å²) < 4.78 is 0. The first-order chi connectivity index (χ1) is 9.81. The molecule has 20 heavy (non-hydrogen) atoms. The molecule has 0 aliphatic carbocycles. The SMILES string of the molecule is O=C(Nc1ccncc1)c1ccccc1C#CCCO. The first kappa shape index (κ1) is 13.8. The molecule has 2 N–H and O–H groups in total. The largest absolute Gasteiger partial charge is 0.395 e. The number of nitrogens with one attached hydrogen (secondary N) is 1. The molecule has 0 aliphatic rings. The van der Waals surface area contributed by atoms with Crippen molar-refractivity contribution >= 4 is 11.6 Å². The second kappa shape index (κ2) is 7.07. The fourth-order valence-corrected chi connectivity index (χ4v) is 1.64. The van der Waals surface area contributed by atoms with Gasteiger partial charge in [-0.1, -0.05) is 24.0 Å². The van der Waals surface area contributed by atoms with Gasteiger partial charge in [0.2, 0.25) is 0 Å². The zero-order chi connectivity index (χ0) is 14.2. The van der Waals surface area contributed by atoms with E-state index in [1.54, 1.807) is 42.7 Å². The Labute approximate surface area is 117 Å². The van der Waals surface area contributed by atoms with Gasteiger partial charge in [0.1, 0.15) is 0 Å². The fraction of sp³-hybridized carbons (Fsp3) is 0.125. The highest BCUT2D eigenvalue weighted by Gasteiger charge is 2.09. The lowest BCUT2D eigenvalue weighted by molar-refractivity contribution is 0.102. The van der Waals surface area contributed by atoms with Crippen LogP contribution in [0.25, 0.3) is 0 Å². The van der Waals surface area contributed by atoms with E-state index < -0.39 is 0 Å². The number of carbonyl (C=O) groups is 1. The van der Waals surface area contributed by atoms with Gasteiger partial charge in [-0.05, 0) is 24.3 Å². The van der Waals surface area contributed by atoms with Crippen molar-refractivity contribution in [1.29, 1.82) is 0 Å². The van der Waals surface area contributed by atoms with Crippen molar-refractivity contribution in [3.8, 4) is 11.8 Å². The molecule has 0 aliphatic heterocycles. The average molecular weight is 266 g/mol. The molecule has 0 saturated carbocycles. The molecule has 1 amide bonds. The van der Waals surface area contributed by atoms with Crippen LogP contribution in [0.2, 0.25) is 0 Å². The highest BCUT2D eigenvalue weighted by Crippen LogP contribution is 2.11. The molecule has 0 fully saturated rings. The summed E-state index contributed by atoms with van der Waals surface area (Å²) in [7, 11) is 0. The van der Waals surface area contributed by atoms with E-state index in [4.69, 9.17) is 5.11 Å². The molecule has 0 atom stereocenters. The van der Waals surface area contributed by atoms with Crippen LogP contribution in [0.15, 0.2) is 48.8 Å². The van der Waals surface area contributed by atoms with Gasteiger partial charge in [0, 0.05) is 30.1 Å². The summed E-state index contributed by atoms with van der Waals surface area (Å²) in [6.45, 7) is 0.0123. The number of amides is 1. The standard InChI is InChI=1S/C16H14N2O2/c19-12-4-3-6-13-5-1-2-7-15(13)16(20)18-14-8-10-17-11-9-14/h1-2,5,7-11,19H,4,12H2,(H,17,18,20). The Morgan fingerprint density at radius 3 is 2.70 bits per heavy atom. The van der Waals surface area contributed by atoms with Gasteiger partial charge in [-0.3, -0.25) is 9.78 Å². The predicted octanol–water partition coefficient (Wildman–Crippen LogP) is 2.07. The number of nitrogens with zero attached hydrogens (tertiary/aromatic N) is 1. The normalized spacial score (nSPS) is 9.45. The van der Waals surface area contributed by atoms with Crippen molar-refractivity contribution < 1.29 is 9.90 Å². The van der Waals surface area contributed by atoms with Crippen LogP contribution >= 0.6 is 0 Å². The van der Waals surface area contributed by atoms with Crippen LogP contribution in [0.3, 0.4) is 0 Å². The quantitative estimate of drug-likeness (QED) is 0.836.